The molecular formula is C23H31N3O4. The van der Waals surface area contributed by atoms with Crippen LogP contribution < -0.4 is 11.1 Å². The number of likely N-dealkylation sites (N-methyl/N-ethyl adjacent to an activating group) is 1. The number of hydrogen-bond acceptors (Lipinski definition) is 5. The minimum atomic E-state index is -1.18. The van der Waals surface area contributed by atoms with Crippen LogP contribution in [0, 0.1) is 6.92 Å². The Hall–Kier alpha value is -2.64. The topological polar surface area (TPSA) is 116 Å². The summed E-state index contributed by atoms with van der Waals surface area (Å²) in [6, 6.07) is 5.03. The molecule has 2 aliphatic rings. The number of nitrogens with zero attached hydrogens (tertiary/aromatic N) is 1. The van der Waals surface area contributed by atoms with Gasteiger partial charge in [0.15, 0.2) is 0 Å². The molecule has 0 bridgehead atoms. The maximum atomic E-state index is 12.2. The van der Waals surface area contributed by atoms with Crippen LogP contribution in [0.2, 0.25) is 0 Å². The van der Waals surface area contributed by atoms with E-state index in [4.69, 9.17) is 5.73 Å². The number of allylic oxidation sites excluding steroid dienone is 2. The fraction of sp³-hybridized carbons (Fsp3) is 0.478. The summed E-state index contributed by atoms with van der Waals surface area (Å²) in [4.78, 5) is 25.1. The van der Waals surface area contributed by atoms with Crippen molar-refractivity contribution in [3.05, 3.63) is 52.2 Å². The van der Waals surface area contributed by atoms with Gasteiger partial charge in [-0.2, -0.15) is 0 Å². The third-order valence-electron chi connectivity index (χ3n) is 7.15. The molecule has 7 heteroatoms. The van der Waals surface area contributed by atoms with Crippen molar-refractivity contribution < 1.29 is 19.8 Å². The monoisotopic (exact) mass is 413 g/mol. The highest BCUT2D eigenvalue weighted by atomic mass is 16.3. The lowest BCUT2D eigenvalue weighted by Gasteiger charge is -2.60. The Balaban J connectivity index is 2.28. The number of phenols is 1. The van der Waals surface area contributed by atoms with Crippen molar-refractivity contribution in [3.63, 3.8) is 0 Å². The van der Waals surface area contributed by atoms with Crippen LogP contribution >= 0.6 is 0 Å². The molecule has 162 valence electrons. The number of rotatable bonds is 5. The highest BCUT2D eigenvalue weighted by Crippen LogP contribution is 2.56. The van der Waals surface area contributed by atoms with Crippen molar-refractivity contribution in [1.82, 2.24) is 10.2 Å². The molecule has 2 amide bonds. The molecule has 1 fully saturated rings. The largest absolute Gasteiger partial charge is 0.508 e. The summed E-state index contributed by atoms with van der Waals surface area (Å²) in [6.45, 7) is 6.34. The van der Waals surface area contributed by atoms with Crippen LogP contribution in [-0.2, 0) is 15.0 Å². The second-order valence-corrected chi connectivity index (χ2v) is 8.72. The predicted molar refractivity (Wildman–Crippen MR) is 115 cm³/mol. The van der Waals surface area contributed by atoms with E-state index in [2.05, 4.69) is 10.2 Å². The van der Waals surface area contributed by atoms with Crippen molar-refractivity contribution >= 4 is 12.3 Å². The molecule has 3 atom stereocenters. The molecule has 0 saturated carbocycles. The first-order valence-corrected chi connectivity index (χ1v) is 10.2. The number of fused-ring (bicyclic) bond motifs is 1. The number of nitrogens with one attached hydrogen (secondary N) is 1. The summed E-state index contributed by atoms with van der Waals surface area (Å²) < 4.78 is 0. The first-order valence-electron chi connectivity index (χ1n) is 10.2. The highest BCUT2D eigenvalue weighted by Gasteiger charge is 2.60. The molecule has 5 N–H and O–H groups in total. The van der Waals surface area contributed by atoms with Gasteiger partial charge in [-0.15, -0.1) is 0 Å². The number of benzene rings is 1. The summed E-state index contributed by atoms with van der Waals surface area (Å²) in [5.41, 5.74) is 7.10. The number of likely N-dealkylation sites (tertiary alicyclic amines) is 1. The second kappa shape index (κ2) is 7.89. The predicted octanol–water partition coefficient (Wildman–Crippen LogP) is 1.62. The molecule has 1 aromatic carbocycles. The zero-order chi connectivity index (χ0) is 22.3. The van der Waals surface area contributed by atoms with Gasteiger partial charge in [-0.05, 0) is 75.7 Å². The number of carbonyl (C=O) groups is 2. The van der Waals surface area contributed by atoms with Crippen molar-refractivity contribution in [2.75, 3.05) is 13.6 Å². The summed E-state index contributed by atoms with van der Waals surface area (Å²) >= 11 is 0. The van der Waals surface area contributed by atoms with E-state index >= 15 is 0 Å². The quantitative estimate of drug-likeness (QED) is 0.432. The molecule has 3 rings (SSSR count). The fourth-order valence-corrected chi connectivity index (χ4v) is 5.19. The molecule has 7 nitrogen and oxygen atoms in total. The molecule has 0 radical (unpaired) electrons. The average molecular weight is 414 g/mol. The minimum Gasteiger partial charge on any atom is -0.508 e. The second-order valence-electron chi connectivity index (χ2n) is 8.72. The highest BCUT2D eigenvalue weighted by molar-refractivity contribution is 5.91. The number of nitrogens with two attached hydrogens (primary N) is 1. The standard InChI is InChI=1S/C23H31N3O4/c1-14-5-6-18(28)10-19(14)22-7-8-26(4)16(3)23(22,30)11-17(9-15(2)21(24)29)20(12-22)25-13-27/h5-6,9-10,13,16,28,30H,7-8,11-12H2,1-4H3,(H2,24,29)(H,25,27)/b15-9+. The Labute approximate surface area is 177 Å². The summed E-state index contributed by atoms with van der Waals surface area (Å²) in [5.74, 6) is -0.405. The lowest BCUT2D eigenvalue weighted by molar-refractivity contribution is -0.132. The van der Waals surface area contributed by atoms with Gasteiger partial charge in [0.2, 0.25) is 12.3 Å². The summed E-state index contributed by atoms with van der Waals surface area (Å²) in [5, 5.41) is 25.3. The molecule has 0 aromatic heterocycles. The van der Waals surface area contributed by atoms with Crippen molar-refractivity contribution in [2.45, 2.75) is 57.1 Å². The number of aryl methyl sites for hydroxylation is 1. The van der Waals surface area contributed by atoms with E-state index in [-0.39, 0.29) is 18.2 Å². The van der Waals surface area contributed by atoms with Gasteiger partial charge < -0.3 is 26.2 Å². The van der Waals surface area contributed by atoms with E-state index in [1.807, 2.05) is 27.0 Å². The third kappa shape index (κ3) is 3.42. The van der Waals surface area contributed by atoms with Crippen LogP contribution in [0.25, 0.3) is 0 Å². The summed E-state index contributed by atoms with van der Waals surface area (Å²) in [7, 11) is 1.98. The van der Waals surface area contributed by atoms with Crippen LogP contribution in [0.15, 0.2) is 41.1 Å². The van der Waals surface area contributed by atoms with Gasteiger partial charge in [-0.1, -0.05) is 6.07 Å². The van der Waals surface area contributed by atoms with Gasteiger partial charge in [-0.3, -0.25) is 9.59 Å². The van der Waals surface area contributed by atoms with Gasteiger partial charge in [0.1, 0.15) is 5.75 Å². The molecular weight excluding hydrogens is 382 g/mol. The maximum absolute atomic E-state index is 12.2. The number of aliphatic hydroxyl groups is 1. The van der Waals surface area contributed by atoms with E-state index in [0.717, 1.165) is 17.7 Å². The van der Waals surface area contributed by atoms with Crippen LogP contribution in [-0.4, -0.2) is 52.7 Å². The molecule has 1 aliphatic carbocycles. The Kier molecular flexibility index (Phi) is 5.80. The number of amides is 2. The number of primary amides is 1. The number of hydrogen-bond donors (Lipinski definition) is 4. The van der Waals surface area contributed by atoms with E-state index < -0.39 is 16.9 Å². The first-order chi connectivity index (χ1) is 14.1. The molecule has 1 aliphatic heterocycles. The number of aromatic hydroxyl groups is 1. The van der Waals surface area contributed by atoms with Crippen molar-refractivity contribution in [3.8, 4) is 5.75 Å². The molecule has 1 heterocycles. The average Bonchev–Trinajstić information content (AvgIpc) is 2.69. The normalized spacial score (nSPS) is 30.0. The minimum absolute atomic E-state index is 0.142. The van der Waals surface area contributed by atoms with Gasteiger partial charge in [0, 0.05) is 35.6 Å². The molecule has 30 heavy (non-hydrogen) atoms. The number of piperidine rings is 1. The zero-order valence-corrected chi connectivity index (χ0v) is 18.0. The van der Waals surface area contributed by atoms with Gasteiger partial charge in [-0.25, -0.2) is 0 Å². The van der Waals surface area contributed by atoms with Gasteiger partial charge in [0.05, 0.1) is 5.60 Å². The van der Waals surface area contributed by atoms with Crippen molar-refractivity contribution in [2.24, 2.45) is 5.73 Å². The van der Waals surface area contributed by atoms with Crippen molar-refractivity contribution in [1.29, 1.82) is 0 Å². The maximum Gasteiger partial charge on any atom is 0.244 e. The Bertz CT molecular complexity index is 938. The van der Waals surface area contributed by atoms with E-state index in [9.17, 15) is 19.8 Å². The SMILES string of the molecule is C/C(=C\C1=C(NC=O)CC2(c3cc(O)ccc3C)CCN(C)C(C)C2(O)C1)C(N)=O. The molecule has 3 unspecified atom stereocenters. The lowest BCUT2D eigenvalue weighted by atomic mass is 9.53. The van der Waals surface area contributed by atoms with Crippen LogP contribution in [0.3, 0.4) is 0 Å². The molecule has 0 spiro atoms. The van der Waals surface area contributed by atoms with Crippen LogP contribution in [0.4, 0.5) is 0 Å². The van der Waals surface area contributed by atoms with Crippen LogP contribution in [0.5, 0.6) is 5.75 Å². The van der Waals surface area contributed by atoms with E-state index in [0.29, 0.717) is 36.1 Å². The van der Waals surface area contributed by atoms with E-state index in [1.54, 1.807) is 25.1 Å². The number of carbonyl (C=O) groups excluding carboxylic acids is 2. The van der Waals surface area contributed by atoms with Gasteiger partial charge >= 0.3 is 0 Å². The Morgan fingerprint density at radius 1 is 1.37 bits per heavy atom. The Morgan fingerprint density at radius 2 is 2.07 bits per heavy atom. The third-order valence-corrected chi connectivity index (χ3v) is 7.15. The molecule has 1 aromatic rings. The summed E-state index contributed by atoms with van der Waals surface area (Å²) in [6.07, 6.45) is 3.56. The first kappa shape index (κ1) is 22.1. The van der Waals surface area contributed by atoms with Gasteiger partial charge in [0.25, 0.3) is 0 Å². The Morgan fingerprint density at radius 3 is 2.70 bits per heavy atom. The number of phenolic OH excluding ortho intramolecular Hbond substituents is 1. The van der Waals surface area contributed by atoms with E-state index in [1.165, 1.54) is 0 Å². The lowest BCUT2D eigenvalue weighted by Crippen LogP contribution is -2.68. The zero-order valence-electron chi connectivity index (χ0n) is 18.0. The smallest absolute Gasteiger partial charge is 0.244 e. The fourth-order valence-electron chi connectivity index (χ4n) is 5.19. The molecule has 1 saturated heterocycles. The van der Waals surface area contributed by atoms with Crippen LogP contribution in [0.1, 0.15) is 44.2 Å².